The van der Waals surface area contributed by atoms with Crippen LogP contribution in [0.2, 0.25) is 0 Å². The fourth-order valence-corrected chi connectivity index (χ4v) is 4.26. The Balaban J connectivity index is 1.95. The van der Waals surface area contributed by atoms with Gasteiger partial charge in [-0.25, -0.2) is 0 Å². The summed E-state index contributed by atoms with van der Waals surface area (Å²) in [5.74, 6) is 3.01. The van der Waals surface area contributed by atoms with Crippen LogP contribution in [0.1, 0.15) is 66.2 Å². The minimum absolute atomic E-state index is 0.416. The van der Waals surface area contributed by atoms with Gasteiger partial charge in [-0.3, -0.25) is 4.79 Å². The van der Waals surface area contributed by atoms with Crippen molar-refractivity contribution in [2.75, 3.05) is 19.6 Å². The Morgan fingerprint density at radius 3 is 2.41 bits per heavy atom. The van der Waals surface area contributed by atoms with Crippen LogP contribution >= 0.6 is 0 Å². The number of rotatable bonds is 4. The Morgan fingerprint density at radius 2 is 1.77 bits per heavy atom. The zero-order valence-corrected chi connectivity index (χ0v) is 15.1. The number of hydrogen-bond donors (Lipinski definition) is 1. The van der Waals surface area contributed by atoms with Gasteiger partial charge < -0.3 is 10.2 Å². The van der Waals surface area contributed by atoms with Crippen LogP contribution < -0.4 is 5.32 Å². The molecule has 22 heavy (non-hydrogen) atoms. The Hall–Kier alpha value is -0.570. The molecule has 0 saturated carbocycles. The molecule has 0 aromatic rings. The second-order valence-electron chi connectivity index (χ2n) is 8.14. The van der Waals surface area contributed by atoms with Crippen LogP contribution in [-0.4, -0.2) is 36.5 Å². The molecule has 1 N–H and O–H groups in total. The van der Waals surface area contributed by atoms with E-state index in [9.17, 15) is 4.79 Å². The second kappa shape index (κ2) is 8.33. The zero-order chi connectivity index (χ0) is 16.1. The summed E-state index contributed by atoms with van der Waals surface area (Å²) >= 11 is 0. The molecular weight excluding hydrogens is 272 g/mol. The van der Waals surface area contributed by atoms with Crippen molar-refractivity contribution in [2.24, 2.45) is 23.7 Å². The van der Waals surface area contributed by atoms with Gasteiger partial charge in [0.15, 0.2) is 0 Å². The van der Waals surface area contributed by atoms with Crippen molar-refractivity contribution >= 4 is 5.91 Å². The van der Waals surface area contributed by atoms with Crippen LogP contribution in [0.25, 0.3) is 0 Å². The molecule has 0 aromatic heterocycles. The van der Waals surface area contributed by atoms with E-state index in [1.54, 1.807) is 0 Å². The highest BCUT2D eigenvalue weighted by Crippen LogP contribution is 2.29. The van der Waals surface area contributed by atoms with Crippen molar-refractivity contribution in [3.05, 3.63) is 0 Å². The molecule has 128 valence electrons. The van der Waals surface area contributed by atoms with E-state index in [0.29, 0.717) is 23.8 Å². The largest absolute Gasteiger partial charge is 0.339 e. The molecule has 2 rings (SSSR count). The number of hydrogen-bond acceptors (Lipinski definition) is 2. The van der Waals surface area contributed by atoms with Crippen LogP contribution in [0.5, 0.6) is 0 Å². The molecule has 2 fully saturated rings. The molecule has 0 bridgehead atoms. The first kappa shape index (κ1) is 17.8. The van der Waals surface area contributed by atoms with Gasteiger partial charge in [0.2, 0.25) is 5.91 Å². The van der Waals surface area contributed by atoms with Crippen molar-refractivity contribution in [3.8, 4) is 0 Å². The van der Waals surface area contributed by atoms with Crippen LogP contribution in [-0.2, 0) is 4.79 Å². The number of nitrogens with one attached hydrogen (secondary N) is 1. The minimum Gasteiger partial charge on any atom is -0.339 e. The number of amides is 1. The lowest BCUT2D eigenvalue weighted by atomic mass is 9.83. The predicted octanol–water partition coefficient (Wildman–Crippen LogP) is 3.69. The van der Waals surface area contributed by atoms with Gasteiger partial charge in [0.05, 0.1) is 0 Å². The molecule has 0 spiro atoms. The van der Waals surface area contributed by atoms with E-state index in [4.69, 9.17) is 0 Å². The molecule has 1 amide bonds. The van der Waals surface area contributed by atoms with Gasteiger partial charge in [-0.15, -0.1) is 0 Å². The highest BCUT2D eigenvalue weighted by molar-refractivity contribution is 5.76. The van der Waals surface area contributed by atoms with Crippen LogP contribution in [0.15, 0.2) is 0 Å². The summed E-state index contributed by atoms with van der Waals surface area (Å²) in [7, 11) is 0. The molecule has 3 heteroatoms. The molecule has 2 saturated heterocycles. The maximum Gasteiger partial charge on any atom is 0.223 e. The lowest BCUT2D eigenvalue weighted by Crippen LogP contribution is -2.44. The molecule has 2 aliphatic rings. The van der Waals surface area contributed by atoms with Gasteiger partial charge in [-0.05, 0) is 68.9 Å². The standard InChI is InChI=1S/C19H36N2O/c1-14(2)18-6-5-15(3)9-12-21(18)19(22)13-16(4)17-7-10-20-11-8-17/h14-18,20H,5-13H2,1-4H3/t15-,16+,18-/m1/s1. The summed E-state index contributed by atoms with van der Waals surface area (Å²) in [4.78, 5) is 15.2. The summed E-state index contributed by atoms with van der Waals surface area (Å²) in [6.07, 6.45) is 6.86. The molecule has 0 aromatic carbocycles. The zero-order valence-electron chi connectivity index (χ0n) is 15.1. The summed E-state index contributed by atoms with van der Waals surface area (Å²) in [6.45, 7) is 12.4. The van der Waals surface area contributed by atoms with Crippen molar-refractivity contribution < 1.29 is 4.79 Å². The van der Waals surface area contributed by atoms with E-state index in [1.807, 2.05) is 0 Å². The first-order valence-corrected chi connectivity index (χ1v) is 9.49. The molecule has 0 radical (unpaired) electrons. The van der Waals surface area contributed by atoms with Crippen molar-refractivity contribution in [1.82, 2.24) is 10.2 Å². The maximum atomic E-state index is 12.9. The van der Waals surface area contributed by atoms with Crippen LogP contribution in [0.4, 0.5) is 0 Å². The van der Waals surface area contributed by atoms with Crippen molar-refractivity contribution in [1.29, 1.82) is 0 Å². The Morgan fingerprint density at radius 1 is 1.09 bits per heavy atom. The highest BCUT2D eigenvalue weighted by Gasteiger charge is 2.31. The fourth-order valence-electron chi connectivity index (χ4n) is 4.26. The van der Waals surface area contributed by atoms with Gasteiger partial charge in [0.25, 0.3) is 0 Å². The molecule has 3 nitrogen and oxygen atoms in total. The third kappa shape index (κ3) is 4.71. The smallest absolute Gasteiger partial charge is 0.223 e. The number of nitrogens with zero attached hydrogens (tertiary/aromatic N) is 1. The fraction of sp³-hybridized carbons (Fsp3) is 0.947. The number of carbonyl (C=O) groups is 1. The monoisotopic (exact) mass is 308 g/mol. The molecule has 2 heterocycles. The van der Waals surface area contributed by atoms with Crippen molar-refractivity contribution in [2.45, 2.75) is 72.3 Å². The topological polar surface area (TPSA) is 32.3 Å². The van der Waals surface area contributed by atoms with Gasteiger partial charge >= 0.3 is 0 Å². The van der Waals surface area contributed by atoms with Crippen molar-refractivity contribution in [3.63, 3.8) is 0 Å². The summed E-state index contributed by atoms with van der Waals surface area (Å²) in [6, 6.07) is 0.456. The lowest BCUT2D eigenvalue weighted by molar-refractivity contribution is -0.135. The van der Waals surface area contributed by atoms with Gasteiger partial charge in [-0.1, -0.05) is 27.7 Å². The average Bonchev–Trinajstić information content (AvgIpc) is 2.70. The third-order valence-corrected chi connectivity index (χ3v) is 5.99. The van der Waals surface area contributed by atoms with Gasteiger partial charge in [0.1, 0.15) is 0 Å². The van der Waals surface area contributed by atoms with Crippen LogP contribution in [0.3, 0.4) is 0 Å². The number of likely N-dealkylation sites (tertiary alicyclic amines) is 1. The average molecular weight is 309 g/mol. The first-order chi connectivity index (χ1) is 10.5. The highest BCUT2D eigenvalue weighted by atomic mass is 16.2. The first-order valence-electron chi connectivity index (χ1n) is 9.49. The summed E-state index contributed by atoms with van der Waals surface area (Å²) in [5.41, 5.74) is 0. The van der Waals surface area contributed by atoms with E-state index < -0.39 is 0 Å². The minimum atomic E-state index is 0.416. The second-order valence-corrected chi connectivity index (χ2v) is 8.14. The van der Waals surface area contributed by atoms with Gasteiger partial charge in [-0.2, -0.15) is 0 Å². The molecule has 3 atom stereocenters. The van der Waals surface area contributed by atoms with E-state index >= 15 is 0 Å². The van der Waals surface area contributed by atoms with Crippen LogP contribution in [0, 0.1) is 23.7 Å². The predicted molar refractivity (Wildman–Crippen MR) is 92.7 cm³/mol. The summed E-state index contributed by atoms with van der Waals surface area (Å²) < 4.78 is 0. The van der Waals surface area contributed by atoms with E-state index in [1.165, 1.54) is 32.1 Å². The SMILES string of the molecule is CC(C)[C@H]1CC[C@@H](C)CCN1C(=O)C[C@H](C)C1CCNCC1. The molecular formula is C19H36N2O. The molecule has 0 aliphatic carbocycles. The van der Waals surface area contributed by atoms with Gasteiger partial charge in [0, 0.05) is 19.0 Å². The molecule has 0 unspecified atom stereocenters. The van der Waals surface area contributed by atoms with E-state index in [0.717, 1.165) is 37.9 Å². The van der Waals surface area contributed by atoms with E-state index in [-0.39, 0.29) is 0 Å². The number of piperidine rings is 1. The quantitative estimate of drug-likeness (QED) is 0.859. The molecule has 2 aliphatic heterocycles. The maximum absolute atomic E-state index is 12.9. The summed E-state index contributed by atoms with van der Waals surface area (Å²) in [5, 5.41) is 3.43. The Labute approximate surface area is 137 Å². The van der Waals surface area contributed by atoms with E-state index in [2.05, 4.69) is 37.9 Å². The number of carbonyl (C=O) groups excluding carboxylic acids is 1. The normalized spacial score (nSPS) is 29.4. The Kier molecular flexibility index (Phi) is 6.73. The Bertz CT molecular complexity index is 349. The lowest BCUT2D eigenvalue weighted by Gasteiger charge is -2.35. The third-order valence-electron chi connectivity index (χ3n) is 5.99.